The lowest BCUT2D eigenvalue weighted by Crippen LogP contribution is -2.42. The number of aryl methyl sites for hydroxylation is 2. The molecule has 196 valence electrons. The van der Waals surface area contributed by atoms with Crippen molar-refractivity contribution in [3.8, 4) is 11.8 Å². The number of anilines is 2. The van der Waals surface area contributed by atoms with Crippen LogP contribution in [-0.4, -0.2) is 56.5 Å². The van der Waals surface area contributed by atoms with Crippen molar-refractivity contribution in [1.29, 1.82) is 0 Å². The van der Waals surface area contributed by atoms with Gasteiger partial charge in [-0.2, -0.15) is 5.10 Å². The number of benzene rings is 1. The number of methoxy groups -OCH3 is 1. The number of fused-ring (bicyclic) bond motifs is 3. The zero-order chi connectivity index (χ0) is 27.4. The van der Waals surface area contributed by atoms with Gasteiger partial charge in [-0.1, -0.05) is 18.8 Å². The number of carbonyl (C=O) groups is 1. The van der Waals surface area contributed by atoms with Crippen LogP contribution in [0, 0.1) is 30.5 Å². The van der Waals surface area contributed by atoms with Crippen molar-refractivity contribution < 1.29 is 13.9 Å². The van der Waals surface area contributed by atoms with Gasteiger partial charge < -0.3 is 10.5 Å². The number of aromatic nitrogens is 4. The minimum absolute atomic E-state index is 0.0844. The highest BCUT2D eigenvalue weighted by molar-refractivity contribution is 6.10. The van der Waals surface area contributed by atoms with Crippen LogP contribution >= 0.6 is 0 Å². The molecule has 2 N–H and O–H groups in total. The number of carbonyl (C=O) groups excluding carboxylic acids is 1. The summed E-state index contributed by atoms with van der Waals surface area (Å²) in [5.74, 6) is 5.67. The SMILES string of the molecule is COC(C)(C)C#Cc1cnc(N2CC(C)CN2C(=O)c2cc3c(cc2C)nc(N)c2cnn(C)c23)c(F)c1. The first-order chi connectivity index (χ1) is 18.0. The molecule has 0 bridgehead atoms. The number of ether oxygens (including phenoxy) is 1. The molecular weight excluding hydrogens is 485 g/mol. The summed E-state index contributed by atoms with van der Waals surface area (Å²) in [5.41, 5.74) is 8.64. The number of nitrogens with two attached hydrogens (primary N) is 1. The Balaban J connectivity index is 1.53. The molecule has 38 heavy (non-hydrogen) atoms. The van der Waals surface area contributed by atoms with E-state index in [1.54, 1.807) is 28.0 Å². The number of nitrogen functional groups attached to an aromatic ring is 1. The predicted molar refractivity (Wildman–Crippen MR) is 145 cm³/mol. The predicted octanol–water partition coefficient (Wildman–Crippen LogP) is 3.84. The van der Waals surface area contributed by atoms with Crippen molar-refractivity contribution in [2.24, 2.45) is 13.0 Å². The van der Waals surface area contributed by atoms with Crippen molar-refractivity contribution in [3.05, 3.63) is 53.1 Å². The van der Waals surface area contributed by atoms with E-state index in [-0.39, 0.29) is 17.6 Å². The maximum atomic E-state index is 15.3. The minimum Gasteiger partial charge on any atom is -0.383 e. The number of hydrazine groups is 1. The average Bonchev–Trinajstić information content (AvgIpc) is 3.45. The first kappa shape index (κ1) is 25.4. The van der Waals surface area contributed by atoms with E-state index in [1.165, 1.54) is 12.3 Å². The molecule has 1 unspecified atom stereocenters. The molecule has 9 nitrogen and oxygen atoms in total. The normalized spacial score (nSPS) is 15.8. The van der Waals surface area contributed by atoms with Crippen LogP contribution in [0.15, 0.2) is 30.6 Å². The summed E-state index contributed by atoms with van der Waals surface area (Å²) < 4.78 is 22.3. The lowest BCUT2D eigenvalue weighted by molar-refractivity contribution is 0.0741. The summed E-state index contributed by atoms with van der Waals surface area (Å²) in [6.07, 6.45) is 3.18. The third kappa shape index (κ3) is 4.39. The molecule has 1 aromatic carbocycles. The third-order valence-corrected chi connectivity index (χ3v) is 6.86. The minimum atomic E-state index is -0.664. The number of halogens is 1. The highest BCUT2D eigenvalue weighted by Crippen LogP contribution is 2.32. The van der Waals surface area contributed by atoms with Crippen LogP contribution in [-0.2, 0) is 11.8 Å². The molecule has 4 heterocycles. The van der Waals surface area contributed by atoms with E-state index in [2.05, 4.69) is 26.9 Å². The van der Waals surface area contributed by atoms with Gasteiger partial charge in [-0.3, -0.25) is 14.5 Å². The second-order valence-corrected chi connectivity index (χ2v) is 10.3. The van der Waals surface area contributed by atoms with Crippen LogP contribution < -0.4 is 10.7 Å². The number of rotatable bonds is 3. The molecule has 1 aliphatic rings. The molecule has 1 amide bonds. The van der Waals surface area contributed by atoms with E-state index in [4.69, 9.17) is 10.5 Å². The summed E-state index contributed by atoms with van der Waals surface area (Å²) in [4.78, 5) is 22.8. The molecule has 4 aromatic rings. The second kappa shape index (κ2) is 9.26. The summed E-state index contributed by atoms with van der Waals surface area (Å²) in [6, 6.07) is 5.01. The third-order valence-electron chi connectivity index (χ3n) is 6.86. The Morgan fingerprint density at radius 3 is 2.68 bits per heavy atom. The zero-order valence-corrected chi connectivity index (χ0v) is 22.3. The molecule has 5 rings (SSSR count). The van der Waals surface area contributed by atoms with E-state index in [0.717, 1.165) is 21.9 Å². The van der Waals surface area contributed by atoms with Gasteiger partial charge in [-0.25, -0.2) is 19.4 Å². The van der Waals surface area contributed by atoms with E-state index >= 15 is 4.39 Å². The Labute approximate surface area is 220 Å². The molecule has 0 radical (unpaired) electrons. The lowest BCUT2D eigenvalue weighted by atomic mass is 10.0. The van der Waals surface area contributed by atoms with Gasteiger partial charge in [-0.05, 0) is 50.5 Å². The molecule has 1 fully saturated rings. The number of hydrogen-bond acceptors (Lipinski definition) is 7. The van der Waals surface area contributed by atoms with Crippen molar-refractivity contribution in [2.45, 2.75) is 33.3 Å². The van der Waals surface area contributed by atoms with Crippen LogP contribution in [0.3, 0.4) is 0 Å². The largest absolute Gasteiger partial charge is 0.383 e. The summed E-state index contributed by atoms with van der Waals surface area (Å²) in [5, 5.41) is 8.99. The Hall–Kier alpha value is -4.23. The van der Waals surface area contributed by atoms with Gasteiger partial charge in [0.15, 0.2) is 11.6 Å². The highest BCUT2D eigenvalue weighted by atomic mass is 19.1. The highest BCUT2D eigenvalue weighted by Gasteiger charge is 2.35. The first-order valence-electron chi connectivity index (χ1n) is 12.3. The van der Waals surface area contributed by atoms with Gasteiger partial charge >= 0.3 is 0 Å². The molecule has 3 aromatic heterocycles. The Morgan fingerprint density at radius 2 is 1.97 bits per heavy atom. The monoisotopic (exact) mass is 515 g/mol. The van der Waals surface area contributed by atoms with Crippen molar-refractivity contribution >= 4 is 39.3 Å². The summed E-state index contributed by atoms with van der Waals surface area (Å²) in [6.45, 7) is 8.41. The van der Waals surface area contributed by atoms with Gasteiger partial charge in [0, 0.05) is 50.0 Å². The zero-order valence-electron chi connectivity index (χ0n) is 22.3. The van der Waals surface area contributed by atoms with E-state index in [0.29, 0.717) is 35.6 Å². The van der Waals surface area contributed by atoms with E-state index < -0.39 is 11.4 Å². The lowest BCUT2D eigenvalue weighted by Gasteiger charge is -2.29. The Kier molecular flexibility index (Phi) is 6.19. The first-order valence-corrected chi connectivity index (χ1v) is 12.3. The molecule has 0 spiro atoms. The van der Waals surface area contributed by atoms with E-state index in [9.17, 15) is 4.79 Å². The second-order valence-electron chi connectivity index (χ2n) is 10.3. The topological polar surface area (TPSA) is 102 Å². The fraction of sp³-hybridized carbons (Fsp3) is 0.357. The quantitative estimate of drug-likeness (QED) is 0.414. The Bertz CT molecular complexity index is 1650. The van der Waals surface area contributed by atoms with Crippen LogP contribution in [0.1, 0.15) is 42.3 Å². The fourth-order valence-corrected chi connectivity index (χ4v) is 4.68. The van der Waals surface area contributed by atoms with Crippen LogP contribution in [0.25, 0.3) is 21.8 Å². The molecule has 1 saturated heterocycles. The van der Waals surface area contributed by atoms with Crippen LogP contribution in [0.5, 0.6) is 0 Å². The van der Waals surface area contributed by atoms with Gasteiger partial charge in [0.2, 0.25) is 0 Å². The smallest absolute Gasteiger partial charge is 0.272 e. The van der Waals surface area contributed by atoms with Gasteiger partial charge in [0.25, 0.3) is 5.91 Å². The Morgan fingerprint density at radius 1 is 1.21 bits per heavy atom. The molecule has 1 atom stereocenters. The van der Waals surface area contributed by atoms with Gasteiger partial charge in [-0.15, -0.1) is 0 Å². The number of amides is 1. The number of nitrogens with zero attached hydrogens (tertiary/aromatic N) is 6. The van der Waals surface area contributed by atoms with Gasteiger partial charge in [0.05, 0.1) is 22.6 Å². The standard InChI is InChI=1S/C28H30FN7O2/c1-16-14-35(26-22(29)10-18(12-31-26)7-8-28(3,4)38-6)36(15-16)27(37)19-11-20-23(9-17(19)2)33-25(30)21-13-32-34(5)24(20)21/h9-13,16H,14-15H2,1-6H3,(H2,30,33). The number of hydrogen-bond donors (Lipinski definition) is 1. The van der Waals surface area contributed by atoms with Gasteiger partial charge in [0.1, 0.15) is 11.4 Å². The summed E-state index contributed by atoms with van der Waals surface area (Å²) in [7, 11) is 3.39. The van der Waals surface area contributed by atoms with Crippen molar-refractivity contribution in [2.75, 3.05) is 30.9 Å². The molecular formula is C28H30FN7O2. The maximum Gasteiger partial charge on any atom is 0.272 e. The van der Waals surface area contributed by atoms with Crippen LogP contribution in [0.4, 0.5) is 16.0 Å². The maximum absolute atomic E-state index is 15.3. The molecule has 0 aliphatic carbocycles. The average molecular weight is 516 g/mol. The van der Waals surface area contributed by atoms with Crippen molar-refractivity contribution in [1.82, 2.24) is 24.8 Å². The number of pyridine rings is 2. The fourth-order valence-electron chi connectivity index (χ4n) is 4.68. The molecule has 10 heteroatoms. The molecule has 0 saturated carbocycles. The summed E-state index contributed by atoms with van der Waals surface area (Å²) >= 11 is 0. The van der Waals surface area contributed by atoms with Crippen molar-refractivity contribution in [3.63, 3.8) is 0 Å². The van der Waals surface area contributed by atoms with Crippen LogP contribution in [0.2, 0.25) is 0 Å². The van der Waals surface area contributed by atoms with E-state index in [1.807, 2.05) is 46.9 Å². The molecule has 1 aliphatic heterocycles.